The molecule has 0 fully saturated rings. The molecule has 0 aliphatic heterocycles. The molecule has 0 N–H and O–H groups in total. The average molecular weight is 321 g/mol. The van der Waals surface area contributed by atoms with Crippen molar-refractivity contribution in [2.24, 2.45) is 0 Å². The summed E-state index contributed by atoms with van der Waals surface area (Å²) in [7, 11) is 0. The van der Waals surface area contributed by atoms with E-state index >= 15 is 0 Å². The highest BCUT2D eigenvalue weighted by atomic mass is 32.2. The molecule has 0 aliphatic rings. The van der Waals surface area contributed by atoms with Gasteiger partial charge in [-0.15, -0.1) is 0 Å². The van der Waals surface area contributed by atoms with Crippen molar-refractivity contribution in [2.45, 2.75) is 9.99 Å². The third-order valence-electron chi connectivity index (χ3n) is 3.13. The molecule has 0 spiro atoms. The van der Waals surface area contributed by atoms with Gasteiger partial charge < -0.3 is 4.42 Å². The third-order valence-corrected chi connectivity index (χ3v) is 4.06. The minimum Gasteiger partial charge on any atom is -0.450 e. The summed E-state index contributed by atoms with van der Waals surface area (Å²) in [6.45, 7) is 0. The van der Waals surface area contributed by atoms with Crippen molar-refractivity contribution in [1.29, 1.82) is 5.26 Å². The zero-order valence-electron chi connectivity index (χ0n) is 12.1. The Balaban J connectivity index is 1.85. The first-order valence-electron chi connectivity index (χ1n) is 6.96. The van der Waals surface area contributed by atoms with Gasteiger partial charge in [-0.25, -0.2) is 4.39 Å². The predicted molar refractivity (Wildman–Crippen MR) is 89.2 cm³/mol. The third kappa shape index (κ3) is 3.71. The van der Waals surface area contributed by atoms with E-state index in [9.17, 15) is 9.65 Å². The van der Waals surface area contributed by atoms with Crippen LogP contribution in [0.2, 0.25) is 0 Å². The van der Waals surface area contributed by atoms with E-state index < -0.39 is 5.82 Å². The van der Waals surface area contributed by atoms with Gasteiger partial charge in [-0.3, -0.25) is 0 Å². The van der Waals surface area contributed by atoms with Crippen LogP contribution in [0.4, 0.5) is 4.39 Å². The van der Waals surface area contributed by atoms with Gasteiger partial charge in [0.15, 0.2) is 5.09 Å². The van der Waals surface area contributed by atoms with Gasteiger partial charge in [-0.2, -0.15) is 5.26 Å². The van der Waals surface area contributed by atoms with Crippen LogP contribution in [0, 0.1) is 17.1 Å². The van der Waals surface area contributed by atoms with Gasteiger partial charge in [-0.1, -0.05) is 48.2 Å². The van der Waals surface area contributed by atoms with Crippen molar-refractivity contribution >= 4 is 23.4 Å². The summed E-state index contributed by atoms with van der Waals surface area (Å²) in [5, 5.41) is 9.99. The Morgan fingerprint density at radius 3 is 2.48 bits per heavy atom. The van der Waals surface area contributed by atoms with Crippen molar-refractivity contribution in [3.63, 3.8) is 0 Å². The van der Waals surface area contributed by atoms with Gasteiger partial charge in [0.2, 0.25) is 0 Å². The molecule has 3 aromatic rings. The Kier molecular flexibility index (Phi) is 4.60. The second kappa shape index (κ2) is 6.99. The minimum absolute atomic E-state index is 0.230. The molecule has 0 aliphatic carbocycles. The Morgan fingerprint density at radius 2 is 1.74 bits per heavy atom. The molecule has 112 valence electrons. The molecule has 0 amide bonds. The zero-order valence-corrected chi connectivity index (χ0v) is 12.9. The maximum atomic E-state index is 13.8. The Bertz CT molecular complexity index is 878. The summed E-state index contributed by atoms with van der Waals surface area (Å²) in [5.41, 5.74) is 0.498. The van der Waals surface area contributed by atoms with Crippen LogP contribution in [0.5, 0.6) is 0 Å². The lowest BCUT2D eigenvalue weighted by Crippen LogP contribution is -1.86. The molecule has 0 radical (unpaired) electrons. The Morgan fingerprint density at radius 1 is 1.00 bits per heavy atom. The number of hydrogen-bond acceptors (Lipinski definition) is 3. The van der Waals surface area contributed by atoms with Gasteiger partial charge in [-0.05, 0) is 36.4 Å². The van der Waals surface area contributed by atoms with Crippen LogP contribution in [-0.2, 0) is 0 Å². The van der Waals surface area contributed by atoms with Crippen LogP contribution < -0.4 is 0 Å². The van der Waals surface area contributed by atoms with Gasteiger partial charge in [0, 0.05) is 10.5 Å². The number of benzene rings is 2. The molecule has 23 heavy (non-hydrogen) atoms. The van der Waals surface area contributed by atoms with Crippen molar-refractivity contribution in [3.05, 3.63) is 83.9 Å². The normalized spacial score (nSPS) is 11.2. The lowest BCUT2D eigenvalue weighted by molar-refractivity contribution is 0.466. The zero-order chi connectivity index (χ0) is 16.1. The van der Waals surface area contributed by atoms with Gasteiger partial charge in [0.1, 0.15) is 11.6 Å². The monoisotopic (exact) mass is 321 g/mol. The fourth-order valence-electron chi connectivity index (χ4n) is 2.06. The average Bonchev–Trinajstić information content (AvgIpc) is 3.01. The number of nitrogens with zero attached hydrogens (tertiary/aromatic N) is 1. The van der Waals surface area contributed by atoms with E-state index in [0.29, 0.717) is 10.9 Å². The minimum atomic E-state index is -0.425. The summed E-state index contributed by atoms with van der Waals surface area (Å²) in [6.07, 6.45) is 1.55. The van der Waals surface area contributed by atoms with Crippen LogP contribution >= 0.6 is 11.8 Å². The molecule has 3 rings (SSSR count). The molecule has 0 saturated heterocycles. The fourth-order valence-corrected chi connectivity index (χ4v) is 2.86. The van der Waals surface area contributed by atoms with E-state index in [1.165, 1.54) is 17.8 Å². The molecule has 2 nitrogen and oxygen atoms in total. The van der Waals surface area contributed by atoms with Crippen LogP contribution in [0.3, 0.4) is 0 Å². The summed E-state index contributed by atoms with van der Waals surface area (Å²) in [5.74, 6) is 0.0916. The number of allylic oxidation sites excluding steroid dienone is 1. The van der Waals surface area contributed by atoms with Crippen LogP contribution in [0.15, 0.2) is 81.1 Å². The molecule has 0 atom stereocenters. The Hall–Kier alpha value is -2.77. The SMILES string of the molecule is N#C/C(=C\c1ccc(Sc2ccccc2)o1)c1ccccc1F. The molecule has 2 aromatic carbocycles. The molecular weight excluding hydrogens is 309 g/mol. The molecule has 0 saturated carbocycles. The number of furan rings is 1. The second-order valence-corrected chi connectivity index (χ2v) is 5.80. The highest BCUT2D eigenvalue weighted by Gasteiger charge is 2.09. The number of hydrogen-bond donors (Lipinski definition) is 0. The lowest BCUT2D eigenvalue weighted by Gasteiger charge is -2.00. The number of halogens is 1. The molecule has 0 unspecified atom stereocenters. The van der Waals surface area contributed by atoms with Gasteiger partial charge in [0.25, 0.3) is 0 Å². The first-order chi connectivity index (χ1) is 11.3. The van der Waals surface area contributed by atoms with Crippen LogP contribution in [0.25, 0.3) is 11.6 Å². The Labute approximate surface area is 137 Å². The second-order valence-electron chi connectivity index (χ2n) is 4.72. The molecule has 0 bridgehead atoms. The molecule has 4 heteroatoms. The van der Waals surface area contributed by atoms with Gasteiger partial charge >= 0.3 is 0 Å². The van der Waals surface area contributed by atoms with Crippen LogP contribution in [0.1, 0.15) is 11.3 Å². The highest BCUT2D eigenvalue weighted by molar-refractivity contribution is 7.99. The fraction of sp³-hybridized carbons (Fsp3) is 0. The summed E-state index contributed by atoms with van der Waals surface area (Å²) < 4.78 is 19.5. The van der Waals surface area contributed by atoms with E-state index in [1.807, 2.05) is 42.5 Å². The quantitative estimate of drug-likeness (QED) is 0.584. The van der Waals surface area contributed by atoms with Crippen molar-refractivity contribution in [1.82, 2.24) is 0 Å². The molecule has 1 heterocycles. The largest absolute Gasteiger partial charge is 0.450 e. The topological polar surface area (TPSA) is 36.9 Å². The predicted octanol–water partition coefficient (Wildman–Crippen LogP) is 5.63. The van der Waals surface area contributed by atoms with Crippen molar-refractivity contribution in [2.75, 3.05) is 0 Å². The molecule has 1 aromatic heterocycles. The maximum absolute atomic E-state index is 13.8. The number of rotatable bonds is 4. The van der Waals surface area contributed by atoms with Crippen molar-refractivity contribution in [3.8, 4) is 6.07 Å². The molecular formula is C19H12FNOS. The van der Waals surface area contributed by atoms with E-state index in [0.717, 1.165) is 4.90 Å². The summed E-state index contributed by atoms with van der Waals surface area (Å²) >= 11 is 1.49. The van der Waals surface area contributed by atoms with E-state index in [4.69, 9.17) is 4.42 Å². The summed E-state index contributed by atoms with van der Waals surface area (Å²) in [6, 6.07) is 21.7. The summed E-state index contributed by atoms with van der Waals surface area (Å²) in [4.78, 5) is 1.06. The first-order valence-corrected chi connectivity index (χ1v) is 7.77. The van der Waals surface area contributed by atoms with Crippen LogP contribution in [-0.4, -0.2) is 0 Å². The maximum Gasteiger partial charge on any atom is 0.165 e. The van der Waals surface area contributed by atoms with E-state index in [2.05, 4.69) is 0 Å². The highest BCUT2D eigenvalue weighted by Crippen LogP contribution is 2.30. The van der Waals surface area contributed by atoms with Gasteiger partial charge in [0.05, 0.1) is 11.6 Å². The van der Waals surface area contributed by atoms with Crippen molar-refractivity contribution < 1.29 is 8.81 Å². The lowest BCUT2D eigenvalue weighted by atomic mass is 10.1. The first kappa shape index (κ1) is 15.1. The standard InChI is InChI=1S/C19H12FNOS/c20-18-9-5-4-8-17(18)14(13-21)12-15-10-11-19(22-15)23-16-6-2-1-3-7-16/h1-12H/b14-12+. The van der Waals surface area contributed by atoms with E-state index in [-0.39, 0.29) is 11.1 Å². The smallest absolute Gasteiger partial charge is 0.165 e. The number of nitriles is 1. The van der Waals surface area contributed by atoms with E-state index in [1.54, 1.807) is 30.3 Å².